The molecule has 1 saturated carbocycles. The van der Waals surface area contributed by atoms with Gasteiger partial charge in [0.2, 0.25) is 0 Å². The van der Waals surface area contributed by atoms with Gasteiger partial charge in [0.1, 0.15) is 0 Å². The number of hydrogen-bond acceptors (Lipinski definition) is 3. The van der Waals surface area contributed by atoms with Gasteiger partial charge in [0.05, 0.1) is 12.5 Å². The molecule has 0 spiro atoms. The quantitative estimate of drug-likeness (QED) is 0.610. The zero-order valence-electron chi connectivity index (χ0n) is 11.8. The van der Waals surface area contributed by atoms with Crippen LogP contribution < -0.4 is 5.32 Å². The first-order valence-electron chi connectivity index (χ1n) is 7.05. The van der Waals surface area contributed by atoms with Crippen LogP contribution in [-0.4, -0.2) is 53.4 Å². The number of nitrogens with zero attached hydrogens (tertiary/aromatic N) is 1. The van der Waals surface area contributed by atoms with Crippen molar-refractivity contribution in [2.24, 2.45) is 11.8 Å². The summed E-state index contributed by atoms with van der Waals surface area (Å²) < 4.78 is 0. The molecular formula is C14H24N2O4. The van der Waals surface area contributed by atoms with Crippen molar-refractivity contribution in [1.82, 2.24) is 10.2 Å². The highest BCUT2D eigenvalue weighted by Gasteiger charge is 2.26. The number of rotatable bonds is 7. The number of carboxylic acids is 1. The molecule has 20 heavy (non-hydrogen) atoms. The van der Waals surface area contributed by atoms with Crippen molar-refractivity contribution >= 4 is 12.0 Å². The SMILES string of the molecule is C=CCN(CCO)C(=O)NCC1CCC(C(=O)O)CC1. The van der Waals surface area contributed by atoms with Gasteiger partial charge in [-0.05, 0) is 31.6 Å². The number of amides is 2. The van der Waals surface area contributed by atoms with E-state index in [1.54, 1.807) is 6.08 Å². The van der Waals surface area contributed by atoms with Gasteiger partial charge in [0.25, 0.3) is 0 Å². The van der Waals surface area contributed by atoms with Crippen molar-refractivity contribution in [1.29, 1.82) is 0 Å². The topological polar surface area (TPSA) is 89.9 Å². The molecule has 1 aliphatic carbocycles. The lowest BCUT2D eigenvalue weighted by Crippen LogP contribution is -2.43. The third-order valence-electron chi connectivity index (χ3n) is 3.74. The average molecular weight is 284 g/mol. The van der Waals surface area contributed by atoms with E-state index in [0.717, 1.165) is 12.8 Å². The van der Waals surface area contributed by atoms with E-state index in [-0.39, 0.29) is 25.1 Å². The van der Waals surface area contributed by atoms with Gasteiger partial charge in [-0.25, -0.2) is 4.79 Å². The summed E-state index contributed by atoms with van der Waals surface area (Å²) in [5, 5.41) is 20.7. The minimum atomic E-state index is -0.715. The summed E-state index contributed by atoms with van der Waals surface area (Å²) in [7, 11) is 0. The molecular weight excluding hydrogens is 260 g/mol. The van der Waals surface area contributed by atoms with Gasteiger partial charge in [0.15, 0.2) is 0 Å². The molecule has 3 N–H and O–H groups in total. The fourth-order valence-electron chi connectivity index (χ4n) is 2.51. The molecule has 0 aromatic carbocycles. The van der Waals surface area contributed by atoms with Crippen molar-refractivity contribution in [3.8, 4) is 0 Å². The summed E-state index contributed by atoms with van der Waals surface area (Å²) in [5.41, 5.74) is 0. The van der Waals surface area contributed by atoms with E-state index in [1.165, 1.54) is 4.90 Å². The average Bonchev–Trinajstić information content (AvgIpc) is 2.45. The van der Waals surface area contributed by atoms with Crippen LogP contribution in [0.3, 0.4) is 0 Å². The molecule has 114 valence electrons. The fraction of sp³-hybridized carbons (Fsp3) is 0.714. The van der Waals surface area contributed by atoms with Gasteiger partial charge in [0, 0.05) is 19.6 Å². The van der Waals surface area contributed by atoms with Crippen molar-refractivity contribution in [2.75, 3.05) is 26.2 Å². The Morgan fingerprint density at radius 2 is 1.95 bits per heavy atom. The summed E-state index contributed by atoms with van der Waals surface area (Å²) in [4.78, 5) is 24.2. The van der Waals surface area contributed by atoms with Crippen LogP contribution in [-0.2, 0) is 4.79 Å². The number of aliphatic hydroxyl groups excluding tert-OH is 1. The van der Waals surface area contributed by atoms with Crippen molar-refractivity contribution in [3.63, 3.8) is 0 Å². The Morgan fingerprint density at radius 3 is 2.45 bits per heavy atom. The molecule has 1 rings (SSSR count). The second kappa shape index (κ2) is 8.58. The van der Waals surface area contributed by atoms with Gasteiger partial charge in [-0.3, -0.25) is 4.79 Å². The third-order valence-corrected chi connectivity index (χ3v) is 3.74. The first-order chi connectivity index (χ1) is 9.58. The van der Waals surface area contributed by atoms with Crippen LogP contribution in [0.25, 0.3) is 0 Å². The molecule has 6 nitrogen and oxygen atoms in total. The number of carboxylic acid groups (broad SMARTS) is 1. The lowest BCUT2D eigenvalue weighted by atomic mass is 9.82. The summed E-state index contributed by atoms with van der Waals surface area (Å²) in [6, 6.07) is -0.209. The van der Waals surface area contributed by atoms with Crippen LogP contribution in [0, 0.1) is 11.8 Å². The molecule has 0 saturated heterocycles. The Balaban J connectivity index is 2.30. The van der Waals surface area contributed by atoms with E-state index in [0.29, 0.717) is 31.8 Å². The molecule has 0 atom stereocenters. The monoisotopic (exact) mass is 284 g/mol. The number of carbonyl (C=O) groups is 2. The molecule has 0 aromatic heterocycles. The molecule has 0 heterocycles. The van der Waals surface area contributed by atoms with Crippen LogP contribution in [0.5, 0.6) is 0 Å². The van der Waals surface area contributed by atoms with Crippen LogP contribution in [0.1, 0.15) is 25.7 Å². The first kappa shape index (κ1) is 16.5. The lowest BCUT2D eigenvalue weighted by Gasteiger charge is -2.27. The Morgan fingerprint density at radius 1 is 1.30 bits per heavy atom. The molecule has 1 fully saturated rings. The number of nitrogens with one attached hydrogen (secondary N) is 1. The molecule has 6 heteroatoms. The summed E-state index contributed by atoms with van der Waals surface area (Å²) in [5.74, 6) is -0.601. The number of aliphatic hydroxyl groups is 1. The van der Waals surface area contributed by atoms with Crippen LogP contribution in [0.15, 0.2) is 12.7 Å². The van der Waals surface area contributed by atoms with E-state index in [9.17, 15) is 9.59 Å². The zero-order chi connectivity index (χ0) is 15.0. The second-order valence-electron chi connectivity index (χ2n) is 5.20. The van der Waals surface area contributed by atoms with Crippen molar-refractivity contribution < 1.29 is 19.8 Å². The van der Waals surface area contributed by atoms with E-state index in [4.69, 9.17) is 10.2 Å². The predicted octanol–water partition coefficient (Wildman–Crippen LogP) is 1.07. The van der Waals surface area contributed by atoms with Gasteiger partial charge in [-0.2, -0.15) is 0 Å². The number of carbonyl (C=O) groups excluding carboxylic acids is 1. The molecule has 0 aliphatic heterocycles. The fourth-order valence-corrected chi connectivity index (χ4v) is 2.51. The lowest BCUT2D eigenvalue weighted by molar-refractivity contribution is -0.143. The minimum absolute atomic E-state index is 0.0784. The standard InChI is InChI=1S/C14H24N2O4/c1-2-7-16(8-9-17)14(20)15-10-11-3-5-12(6-4-11)13(18)19/h2,11-12,17H,1,3-10H2,(H,15,20)(H,18,19). The minimum Gasteiger partial charge on any atom is -0.481 e. The molecule has 2 amide bonds. The largest absolute Gasteiger partial charge is 0.481 e. The maximum atomic E-state index is 11.9. The van der Waals surface area contributed by atoms with Crippen molar-refractivity contribution in [3.05, 3.63) is 12.7 Å². The Kier molecular flexibility index (Phi) is 7.08. The van der Waals surface area contributed by atoms with Crippen LogP contribution >= 0.6 is 0 Å². The third kappa shape index (κ3) is 5.21. The van der Waals surface area contributed by atoms with E-state index in [2.05, 4.69) is 11.9 Å². The Bertz CT molecular complexity index is 338. The Hall–Kier alpha value is -1.56. The van der Waals surface area contributed by atoms with Crippen molar-refractivity contribution in [2.45, 2.75) is 25.7 Å². The van der Waals surface area contributed by atoms with Gasteiger partial charge < -0.3 is 20.4 Å². The smallest absolute Gasteiger partial charge is 0.317 e. The molecule has 0 aromatic rings. The van der Waals surface area contributed by atoms with Gasteiger partial charge >= 0.3 is 12.0 Å². The number of aliphatic carboxylic acids is 1. The van der Waals surface area contributed by atoms with E-state index < -0.39 is 5.97 Å². The number of hydrogen-bond donors (Lipinski definition) is 3. The highest BCUT2D eigenvalue weighted by Crippen LogP contribution is 2.28. The summed E-state index contributed by atoms with van der Waals surface area (Å²) >= 11 is 0. The van der Waals surface area contributed by atoms with Crippen LogP contribution in [0.4, 0.5) is 4.79 Å². The first-order valence-corrected chi connectivity index (χ1v) is 7.05. The molecule has 0 unspecified atom stereocenters. The van der Waals surface area contributed by atoms with Gasteiger partial charge in [-0.15, -0.1) is 6.58 Å². The Labute approximate surface area is 119 Å². The van der Waals surface area contributed by atoms with Gasteiger partial charge in [-0.1, -0.05) is 6.08 Å². The normalized spacial score (nSPS) is 22.1. The highest BCUT2D eigenvalue weighted by atomic mass is 16.4. The molecule has 0 radical (unpaired) electrons. The predicted molar refractivity (Wildman–Crippen MR) is 75.3 cm³/mol. The van der Waals surface area contributed by atoms with E-state index in [1.807, 2.05) is 0 Å². The zero-order valence-corrected chi connectivity index (χ0v) is 11.8. The van der Waals surface area contributed by atoms with Crippen LogP contribution in [0.2, 0.25) is 0 Å². The molecule has 1 aliphatic rings. The summed E-state index contributed by atoms with van der Waals surface area (Å²) in [6.07, 6.45) is 4.65. The van der Waals surface area contributed by atoms with E-state index >= 15 is 0 Å². The summed E-state index contributed by atoms with van der Waals surface area (Å²) in [6.45, 7) is 4.74. The highest BCUT2D eigenvalue weighted by molar-refractivity contribution is 5.74. The molecule has 0 bridgehead atoms. The maximum absolute atomic E-state index is 11.9. The maximum Gasteiger partial charge on any atom is 0.317 e. The number of urea groups is 1. The second-order valence-corrected chi connectivity index (χ2v) is 5.20.